The van der Waals surface area contributed by atoms with Crippen molar-refractivity contribution in [3.63, 3.8) is 0 Å². The summed E-state index contributed by atoms with van der Waals surface area (Å²) in [4.78, 5) is 7.08. The Labute approximate surface area is 204 Å². The first-order valence-electron chi connectivity index (χ1n) is 11.7. The fourth-order valence-corrected chi connectivity index (χ4v) is 5.19. The SMILES string of the molecule is CN=C(NCc1cccc(COC2CCOCC2)c1)NC1CC2CCCC(C1)N2C.I. The molecule has 2 atom stereocenters. The Bertz CT molecular complexity index is 697. The minimum Gasteiger partial charge on any atom is -0.381 e. The minimum atomic E-state index is 0. The lowest BCUT2D eigenvalue weighted by Crippen LogP contribution is -2.56. The molecule has 6 nitrogen and oxygen atoms in total. The zero-order valence-corrected chi connectivity index (χ0v) is 21.3. The van der Waals surface area contributed by atoms with Gasteiger partial charge in [0.2, 0.25) is 0 Å². The Morgan fingerprint density at radius 2 is 1.84 bits per heavy atom. The van der Waals surface area contributed by atoms with E-state index in [0.29, 0.717) is 18.8 Å². The Morgan fingerprint density at radius 1 is 1.13 bits per heavy atom. The van der Waals surface area contributed by atoms with Crippen molar-refractivity contribution < 1.29 is 9.47 Å². The van der Waals surface area contributed by atoms with Crippen molar-refractivity contribution in [1.82, 2.24) is 15.5 Å². The number of rotatable bonds is 6. The highest BCUT2D eigenvalue weighted by Gasteiger charge is 2.36. The van der Waals surface area contributed by atoms with Gasteiger partial charge in [-0.05, 0) is 56.7 Å². The van der Waals surface area contributed by atoms with Crippen molar-refractivity contribution in [2.45, 2.75) is 82.3 Å². The van der Waals surface area contributed by atoms with Crippen LogP contribution >= 0.6 is 24.0 Å². The van der Waals surface area contributed by atoms with Crippen molar-refractivity contribution in [2.75, 3.05) is 27.3 Å². The number of benzene rings is 1. The Balaban J connectivity index is 0.00000272. The van der Waals surface area contributed by atoms with E-state index in [1.54, 1.807) is 0 Å². The summed E-state index contributed by atoms with van der Waals surface area (Å²) in [5, 5.41) is 7.19. The number of nitrogens with one attached hydrogen (secondary N) is 2. The van der Waals surface area contributed by atoms with Crippen LogP contribution in [0, 0.1) is 0 Å². The molecule has 31 heavy (non-hydrogen) atoms. The Morgan fingerprint density at radius 3 is 2.55 bits per heavy atom. The van der Waals surface area contributed by atoms with E-state index >= 15 is 0 Å². The highest BCUT2D eigenvalue weighted by atomic mass is 127. The summed E-state index contributed by atoms with van der Waals surface area (Å²) in [7, 11) is 4.17. The van der Waals surface area contributed by atoms with Gasteiger partial charge in [0.25, 0.3) is 0 Å². The Kier molecular flexibility index (Phi) is 9.87. The quantitative estimate of drug-likeness (QED) is 0.327. The summed E-state index contributed by atoms with van der Waals surface area (Å²) < 4.78 is 11.5. The Hall–Kier alpha value is -0.900. The van der Waals surface area contributed by atoms with E-state index in [4.69, 9.17) is 9.47 Å². The fourth-order valence-electron chi connectivity index (χ4n) is 5.19. The van der Waals surface area contributed by atoms with Crippen LogP contribution in [0.2, 0.25) is 0 Å². The van der Waals surface area contributed by atoms with E-state index in [9.17, 15) is 0 Å². The standard InChI is InChI=1S/C24H38N4O2.HI/c1-25-24(27-20-14-21-7-4-8-22(15-20)28(21)2)26-16-18-5-3-6-19(13-18)17-30-23-9-11-29-12-10-23;/h3,5-6,13,20-23H,4,7-12,14-17H2,1-2H3,(H2,25,26,27);1H. The van der Waals surface area contributed by atoms with Crippen LogP contribution in [0.3, 0.4) is 0 Å². The zero-order chi connectivity index (χ0) is 20.8. The van der Waals surface area contributed by atoms with Gasteiger partial charge in [-0.25, -0.2) is 0 Å². The predicted octanol–water partition coefficient (Wildman–Crippen LogP) is 3.68. The van der Waals surface area contributed by atoms with Crippen molar-refractivity contribution in [3.8, 4) is 0 Å². The second-order valence-corrected chi connectivity index (χ2v) is 9.09. The van der Waals surface area contributed by atoms with E-state index < -0.39 is 0 Å². The molecule has 3 aliphatic rings. The predicted molar refractivity (Wildman–Crippen MR) is 136 cm³/mol. The van der Waals surface area contributed by atoms with Gasteiger partial charge in [-0.3, -0.25) is 4.99 Å². The first-order valence-corrected chi connectivity index (χ1v) is 11.7. The molecule has 1 aromatic rings. The summed E-state index contributed by atoms with van der Waals surface area (Å²) in [5.74, 6) is 0.909. The fraction of sp³-hybridized carbons (Fsp3) is 0.708. The molecule has 7 heteroatoms. The third kappa shape index (κ3) is 7.04. The smallest absolute Gasteiger partial charge is 0.191 e. The van der Waals surface area contributed by atoms with Crippen LogP contribution in [0.25, 0.3) is 0 Å². The maximum absolute atomic E-state index is 6.08. The molecule has 2 bridgehead atoms. The summed E-state index contributed by atoms with van der Waals surface area (Å²) >= 11 is 0. The summed E-state index contributed by atoms with van der Waals surface area (Å²) in [6.45, 7) is 3.08. The van der Waals surface area contributed by atoms with Gasteiger partial charge in [-0.1, -0.05) is 30.7 Å². The van der Waals surface area contributed by atoms with Crippen LogP contribution in [0.4, 0.5) is 0 Å². The number of nitrogens with zero attached hydrogens (tertiary/aromatic N) is 2. The van der Waals surface area contributed by atoms with Crippen LogP contribution in [-0.2, 0) is 22.6 Å². The molecule has 4 rings (SSSR count). The highest BCUT2D eigenvalue weighted by molar-refractivity contribution is 14.0. The third-order valence-corrected chi connectivity index (χ3v) is 7.01. The average Bonchev–Trinajstić information content (AvgIpc) is 2.77. The van der Waals surface area contributed by atoms with Crippen molar-refractivity contribution in [3.05, 3.63) is 35.4 Å². The third-order valence-electron chi connectivity index (χ3n) is 7.01. The topological polar surface area (TPSA) is 58.1 Å². The molecule has 3 fully saturated rings. The van der Waals surface area contributed by atoms with Crippen LogP contribution in [0.5, 0.6) is 0 Å². The number of piperidine rings is 2. The van der Waals surface area contributed by atoms with Crippen LogP contribution in [0.15, 0.2) is 29.3 Å². The zero-order valence-electron chi connectivity index (χ0n) is 19.0. The molecule has 0 aliphatic carbocycles. The molecule has 0 saturated carbocycles. The molecule has 0 amide bonds. The summed E-state index contributed by atoms with van der Waals surface area (Å²) in [6, 6.07) is 10.6. The van der Waals surface area contributed by atoms with E-state index in [1.165, 1.54) is 43.2 Å². The maximum atomic E-state index is 6.08. The van der Waals surface area contributed by atoms with Gasteiger partial charge in [0.15, 0.2) is 5.96 Å². The number of fused-ring (bicyclic) bond motifs is 2. The van der Waals surface area contributed by atoms with Gasteiger partial charge in [0, 0.05) is 44.9 Å². The number of aliphatic imine (C=N–C) groups is 1. The minimum absolute atomic E-state index is 0. The van der Waals surface area contributed by atoms with E-state index in [2.05, 4.69) is 51.8 Å². The number of halogens is 1. The second-order valence-electron chi connectivity index (χ2n) is 9.09. The number of ether oxygens (including phenoxy) is 2. The lowest BCUT2D eigenvalue weighted by atomic mass is 9.82. The first-order chi connectivity index (χ1) is 14.7. The first kappa shape index (κ1) is 24.7. The highest BCUT2D eigenvalue weighted by Crippen LogP contribution is 2.32. The van der Waals surface area contributed by atoms with E-state index in [1.807, 2.05) is 7.05 Å². The molecule has 3 heterocycles. The monoisotopic (exact) mass is 542 g/mol. The molecule has 3 aliphatic heterocycles. The van der Waals surface area contributed by atoms with E-state index in [-0.39, 0.29) is 24.0 Å². The summed E-state index contributed by atoms with van der Waals surface area (Å²) in [5.41, 5.74) is 2.48. The molecule has 2 N–H and O–H groups in total. The molecule has 0 aromatic heterocycles. The molecule has 2 unspecified atom stereocenters. The van der Waals surface area contributed by atoms with E-state index in [0.717, 1.165) is 50.6 Å². The van der Waals surface area contributed by atoms with Gasteiger partial charge in [0.1, 0.15) is 0 Å². The lowest BCUT2D eigenvalue weighted by Gasteiger charge is -2.47. The van der Waals surface area contributed by atoms with Crippen molar-refractivity contribution >= 4 is 29.9 Å². The second kappa shape index (κ2) is 12.4. The van der Waals surface area contributed by atoms with Gasteiger partial charge in [0.05, 0.1) is 12.7 Å². The number of guanidine groups is 1. The molecular formula is C24H39IN4O2. The van der Waals surface area contributed by atoms with Gasteiger partial charge < -0.3 is 25.0 Å². The molecule has 1 aromatic carbocycles. The van der Waals surface area contributed by atoms with Crippen LogP contribution in [0.1, 0.15) is 56.1 Å². The molecule has 0 radical (unpaired) electrons. The van der Waals surface area contributed by atoms with Crippen LogP contribution < -0.4 is 10.6 Å². The van der Waals surface area contributed by atoms with Gasteiger partial charge >= 0.3 is 0 Å². The molecule has 3 saturated heterocycles. The maximum Gasteiger partial charge on any atom is 0.191 e. The van der Waals surface area contributed by atoms with Gasteiger partial charge in [-0.15, -0.1) is 24.0 Å². The molecule has 0 spiro atoms. The summed E-state index contributed by atoms with van der Waals surface area (Å²) in [6.07, 6.45) is 8.81. The van der Waals surface area contributed by atoms with Gasteiger partial charge in [-0.2, -0.15) is 0 Å². The lowest BCUT2D eigenvalue weighted by molar-refractivity contribution is -0.0390. The number of hydrogen-bond acceptors (Lipinski definition) is 4. The largest absolute Gasteiger partial charge is 0.381 e. The van der Waals surface area contributed by atoms with Crippen molar-refractivity contribution in [1.29, 1.82) is 0 Å². The molecule has 174 valence electrons. The van der Waals surface area contributed by atoms with Crippen molar-refractivity contribution in [2.24, 2.45) is 4.99 Å². The number of hydrogen-bond donors (Lipinski definition) is 2. The van der Waals surface area contributed by atoms with Crippen LogP contribution in [-0.4, -0.2) is 62.4 Å². The average molecular weight is 543 g/mol. The molecular weight excluding hydrogens is 503 g/mol. The normalized spacial score (nSPS) is 27.4.